The number of sulfonamides is 1. The molecule has 0 spiro atoms. The van der Waals surface area contributed by atoms with E-state index < -0.39 is 10.0 Å². The van der Waals surface area contributed by atoms with Crippen LogP contribution in [0.4, 0.5) is 0 Å². The topological polar surface area (TPSA) is 74.8 Å². The minimum absolute atomic E-state index is 0.0673. The Balaban J connectivity index is 1.77. The van der Waals surface area contributed by atoms with Crippen LogP contribution in [-0.4, -0.2) is 24.7 Å². The highest BCUT2D eigenvalue weighted by Gasteiger charge is 2.26. The third kappa shape index (κ3) is 2.04. The van der Waals surface area contributed by atoms with Crippen molar-refractivity contribution in [1.82, 2.24) is 14.9 Å². The molecule has 0 unspecified atom stereocenters. The molecule has 0 aliphatic heterocycles. The minimum Gasteiger partial charge on any atom is -0.284 e. The fraction of sp³-hybridized carbons (Fsp3) is 0.250. The van der Waals surface area contributed by atoms with Crippen LogP contribution in [0.5, 0.6) is 0 Å². The molecule has 1 aliphatic rings. The van der Waals surface area contributed by atoms with Gasteiger partial charge in [-0.1, -0.05) is 24.3 Å². The molecular weight excluding hydrogens is 250 g/mol. The molecule has 94 valence electrons. The molecular formula is C12H13N3O2S. The van der Waals surface area contributed by atoms with Gasteiger partial charge in [-0.15, -0.1) is 0 Å². The summed E-state index contributed by atoms with van der Waals surface area (Å²) in [6, 6.07) is 7.97. The monoisotopic (exact) mass is 263 g/mol. The largest absolute Gasteiger partial charge is 0.284 e. The summed E-state index contributed by atoms with van der Waals surface area (Å²) in [4.78, 5) is 0.179. The molecule has 5 nitrogen and oxygen atoms in total. The molecule has 1 aromatic carbocycles. The van der Waals surface area contributed by atoms with Crippen LogP contribution in [0.25, 0.3) is 0 Å². The maximum Gasteiger partial charge on any atom is 0.243 e. The molecule has 0 atom stereocenters. The van der Waals surface area contributed by atoms with Gasteiger partial charge in [0, 0.05) is 12.2 Å². The normalized spacial score (nSPS) is 15.8. The lowest BCUT2D eigenvalue weighted by Crippen LogP contribution is -2.35. The average molecular weight is 263 g/mol. The van der Waals surface area contributed by atoms with E-state index >= 15 is 0 Å². The van der Waals surface area contributed by atoms with Gasteiger partial charge in [0.2, 0.25) is 10.0 Å². The Morgan fingerprint density at radius 2 is 1.89 bits per heavy atom. The molecule has 1 aromatic heterocycles. The number of aromatic nitrogens is 2. The van der Waals surface area contributed by atoms with E-state index in [1.54, 1.807) is 0 Å². The summed E-state index contributed by atoms with van der Waals surface area (Å²) in [5.74, 6) is 0. The van der Waals surface area contributed by atoms with Crippen LogP contribution in [0.2, 0.25) is 0 Å². The van der Waals surface area contributed by atoms with Gasteiger partial charge < -0.3 is 0 Å². The maximum absolute atomic E-state index is 12.0. The lowest BCUT2D eigenvalue weighted by molar-refractivity contribution is 0.555. The van der Waals surface area contributed by atoms with E-state index in [2.05, 4.69) is 14.9 Å². The fourth-order valence-corrected chi connectivity index (χ4v) is 3.46. The zero-order valence-electron chi connectivity index (χ0n) is 9.63. The summed E-state index contributed by atoms with van der Waals surface area (Å²) >= 11 is 0. The Kier molecular flexibility index (Phi) is 2.68. The van der Waals surface area contributed by atoms with Crippen LogP contribution < -0.4 is 4.72 Å². The molecule has 0 amide bonds. The van der Waals surface area contributed by atoms with Gasteiger partial charge in [-0.2, -0.15) is 5.10 Å². The van der Waals surface area contributed by atoms with Crippen LogP contribution in [0.15, 0.2) is 41.6 Å². The number of rotatable bonds is 3. The van der Waals surface area contributed by atoms with Gasteiger partial charge in [0.1, 0.15) is 4.90 Å². The first kappa shape index (κ1) is 11.4. The summed E-state index contributed by atoms with van der Waals surface area (Å²) in [6.45, 7) is 0. The number of hydrogen-bond donors (Lipinski definition) is 2. The van der Waals surface area contributed by atoms with Crippen LogP contribution in [-0.2, 0) is 22.9 Å². The molecule has 6 heteroatoms. The van der Waals surface area contributed by atoms with Crippen LogP contribution in [0, 0.1) is 0 Å². The third-order valence-corrected chi connectivity index (χ3v) is 4.64. The first-order valence-corrected chi connectivity index (χ1v) is 7.21. The van der Waals surface area contributed by atoms with E-state index in [1.807, 2.05) is 24.3 Å². The van der Waals surface area contributed by atoms with Crippen LogP contribution >= 0.6 is 0 Å². The lowest BCUT2D eigenvalue weighted by Gasteiger charge is -2.10. The molecule has 0 fully saturated rings. The number of fused-ring (bicyclic) bond motifs is 1. The molecule has 1 heterocycles. The van der Waals surface area contributed by atoms with Crippen LogP contribution in [0.1, 0.15) is 11.1 Å². The van der Waals surface area contributed by atoms with Crippen molar-refractivity contribution in [3.8, 4) is 0 Å². The minimum atomic E-state index is -3.46. The average Bonchev–Trinajstić information content (AvgIpc) is 2.96. The summed E-state index contributed by atoms with van der Waals surface area (Å²) < 4.78 is 26.8. The molecule has 0 radical (unpaired) electrons. The van der Waals surface area contributed by atoms with Crippen molar-refractivity contribution in [2.75, 3.05) is 0 Å². The second kappa shape index (κ2) is 4.22. The second-order valence-corrected chi connectivity index (χ2v) is 6.14. The predicted octanol–water partition coefficient (Wildman–Crippen LogP) is 0.855. The van der Waals surface area contributed by atoms with Gasteiger partial charge in [-0.05, 0) is 24.0 Å². The first-order chi connectivity index (χ1) is 8.65. The smallest absolute Gasteiger partial charge is 0.243 e. The van der Waals surface area contributed by atoms with E-state index in [0.717, 1.165) is 12.8 Å². The van der Waals surface area contributed by atoms with Gasteiger partial charge >= 0.3 is 0 Å². The Labute approximate surface area is 105 Å². The van der Waals surface area contributed by atoms with Gasteiger partial charge in [0.05, 0.1) is 6.20 Å². The molecule has 3 rings (SSSR count). The number of H-pyrrole nitrogens is 1. The first-order valence-electron chi connectivity index (χ1n) is 5.73. The molecule has 2 aromatic rings. The highest BCUT2D eigenvalue weighted by molar-refractivity contribution is 7.89. The highest BCUT2D eigenvalue weighted by Crippen LogP contribution is 2.22. The van der Waals surface area contributed by atoms with E-state index in [9.17, 15) is 8.42 Å². The predicted molar refractivity (Wildman–Crippen MR) is 66.5 cm³/mol. The number of aromatic amines is 1. The zero-order valence-corrected chi connectivity index (χ0v) is 10.4. The van der Waals surface area contributed by atoms with E-state index in [-0.39, 0.29) is 10.9 Å². The molecule has 0 saturated carbocycles. The van der Waals surface area contributed by atoms with Crippen molar-refractivity contribution in [3.63, 3.8) is 0 Å². The van der Waals surface area contributed by atoms with Gasteiger partial charge in [-0.3, -0.25) is 5.10 Å². The quantitative estimate of drug-likeness (QED) is 0.862. The summed E-state index contributed by atoms with van der Waals surface area (Å²) in [7, 11) is -3.46. The fourth-order valence-electron chi connectivity index (χ4n) is 2.32. The summed E-state index contributed by atoms with van der Waals surface area (Å²) in [5.41, 5.74) is 2.44. The molecule has 0 bridgehead atoms. The van der Waals surface area contributed by atoms with E-state index in [1.165, 1.54) is 23.5 Å². The number of hydrogen-bond acceptors (Lipinski definition) is 3. The summed E-state index contributed by atoms with van der Waals surface area (Å²) in [6.07, 6.45) is 4.18. The molecule has 1 aliphatic carbocycles. The summed E-state index contributed by atoms with van der Waals surface area (Å²) in [5, 5.41) is 6.17. The lowest BCUT2D eigenvalue weighted by atomic mass is 10.1. The Morgan fingerprint density at radius 1 is 1.22 bits per heavy atom. The highest BCUT2D eigenvalue weighted by atomic mass is 32.2. The van der Waals surface area contributed by atoms with Crippen molar-refractivity contribution in [2.24, 2.45) is 0 Å². The zero-order chi connectivity index (χ0) is 12.6. The number of nitrogens with one attached hydrogen (secondary N) is 2. The van der Waals surface area contributed by atoms with Gasteiger partial charge in [-0.25, -0.2) is 13.1 Å². The molecule has 2 N–H and O–H groups in total. The SMILES string of the molecule is O=S(=O)(NC1Cc2ccccc2C1)c1cn[nH]c1. The number of benzene rings is 1. The standard InChI is InChI=1S/C12H13N3O2S/c16-18(17,12-7-13-14-8-12)15-11-5-9-3-1-2-4-10(9)6-11/h1-4,7-8,11,15H,5-6H2,(H,13,14). The Hall–Kier alpha value is -1.66. The van der Waals surface area contributed by atoms with Crippen molar-refractivity contribution in [1.29, 1.82) is 0 Å². The second-order valence-electron chi connectivity index (χ2n) is 4.43. The maximum atomic E-state index is 12.0. The van der Waals surface area contributed by atoms with Crippen molar-refractivity contribution in [3.05, 3.63) is 47.8 Å². The number of nitrogens with zero attached hydrogens (tertiary/aromatic N) is 1. The van der Waals surface area contributed by atoms with Crippen molar-refractivity contribution < 1.29 is 8.42 Å². The third-order valence-electron chi connectivity index (χ3n) is 3.16. The van der Waals surface area contributed by atoms with Crippen molar-refractivity contribution >= 4 is 10.0 Å². The van der Waals surface area contributed by atoms with Crippen LogP contribution in [0.3, 0.4) is 0 Å². The van der Waals surface area contributed by atoms with E-state index in [4.69, 9.17) is 0 Å². The van der Waals surface area contributed by atoms with E-state index in [0.29, 0.717) is 0 Å². The molecule has 18 heavy (non-hydrogen) atoms. The van der Waals surface area contributed by atoms with Gasteiger partial charge in [0.25, 0.3) is 0 Å². The van der Waals surface area contributed by atoms with Crippen molar-refractivity contribution in [2.45, 2.75) is 23.8 Å². The molecule has 0 saturated heterocycles. The van der Waals surface area contributed by atoms with Gasteiger partial charge in [0.15, 0.2) is 0 Å². The Morgan fingerprint density at radius 3 is 2.44 bits per heavy atom. The Bertz CT molecular complexity index is 625.